The molecule has 0 aromatic carbocycles. The van der Waals surface area contributed by atoms with Gasteiger partial charge in [-0.05, 0) is 25.5 Å². The van der Waals surface area contributed by atoms with Gasteiger partial charge in [-0.2, -0.15) is 0 Å². The second-order valence-corrected chi connectivity index (χ2v) is 7.12. The predicted molar refractivity (Wildman–Crippen MR) is 93.7 cm³/mol. The maximum absolute atomic E-state index is 12.4. The van der Waals surface area contributed by atoms with Crippen molar-refractivity contribution >= 4 is 29.5 Å². The van der Waals surface area contributed by atoms with Crippen molar-refractivity contribution in [3.8, 4) is 0 Å². The number of thioether (sulfide) groups is 1. The van der Waals surface area contributed by atoms with E-state index < -0.39 is 12.0 Å². The largest absolute Gasteiger partial charge is 0.466 e. The van der Waals surface area contributed by atoms with Gasteiger partial charge in [-0.15, -0.1) is 11.8 Å². The Hall–Kier alpha value is -1.96. The monoisotopic (exact) mass is 368 g/mol. The summed E-state index contributed by atoms with van der Waals surface area (Å²) in [6.45, 7) is 5.00. The average Bonchev–Trinajstić information content (AvgIpc) is 3.21. The predicted octanol–water partition coefficient (Wildman–Crippen LogP) is 2.09. The average molecular weight is 368 g/mol. The lowest BCUT2D eigenvalue weighted by Gasteiger charge is -2.25. The first kappa shape index (κ1) is 19.4. The fourth-order valence-electron chi connectivity index (χ4n) is 2.78. The Kier molecular flexibility index (Phi) is 6.92. The zero-order valence-electron chi connectivity index (χ0n) is 14.7. The van der Waals surface area contributed by atoms with Gasteiger partial charge in [0.05, 0.1) is 6.26 Å². The van der Waals surface area contributed by atoms with Crippen LogP contribution in [0.2, 0.25) is 0 Å². The van der Waals surface area contributed by atoms with Gasteiger partial charge in [0.15, 0.2) is 6.61 Å². The molecule has 7 nitrogen and oxygen atoms in total. The Labute approximate surface area is 151 Å². The summed E-state index contributed by atoms with van der Waals surface area (Å²) >= 11 is 1.43. The van der Waals surface area contributed by atoms with Crippen LogP contribution in [-0.4, -0.2) is 47.1 Å². The van der Waals surface area contributed by atoms with Crippen LogP contribution in [0.5, 0.6) is 0 Å². The third-order valence-corrected chi connectivity index (χ3v) is 5.18. The first-order valence-corrected chi connectivity index (χ1v) is 9.38. The number of nitrogens with zero attached hydrogens (tertiary/aromatic N) is 1. The van der Waals surface area contributed by atoms with Crippen molar-refractivity contribution in [3.63, 3.8) is 0 Å². The van der Waals surface area contributed by atoms with Crippen LogP contribution in [-0.2, 0) is 19.1 Å². The third kappa shape index (κ3) is 5.01. The van der Waals surface area contributed by atoms with E-state index in [1.165, 1.54) is 29.8 Å². The first-order chi connectivity index (χ1) is 11.9. The molecule has 3 atom stereocenters. The number of carbonyl (C=O) groups is 3. The molecule has 0 unspecified atom stereocenters. The van der Waals surface area contributed by atoms with Crippen molar-refractivity contribution in [2.75, 3.05) is 12.4 Å². The summed E-state index contributed by atoms with van der Waals surface area (Å²) < 4.78 is 10.5. The number of furan rings is 1. The highest BCUT2D eigenvalue weighted by Crippen LogP contribution is 2.41. The van der Waals surface area contributed by atoms with Crippen LogP contribution in [0.4, 0.5) is 0 Å². The van der Waals surface area contributed by atoms with Crippen LogP contribution in [0.3, 0.4) is 0 Å². The standard InChI is InChI=1S/C17H24N2O5S/c1-4-6-11(2)18-15(21)9-24-17(22)13-10-25-16(19(13)12(3)20)14-7-5-8-23-14/h5,7-8,11,13,16H,4,6,9-10H2,1-3H3,(H,18,21)/t11-,13-,16+/m0/s1. The molecule has 2 amide bonds. The minimum Gasteiger partial charge on any atom is -0.466 e. The molecule has 0 radical (unpaired) electrons. The van der Waals surface area contributed by atoms with Gasteiger partial charge in [0.2, 0.25) is 5.91 Å². The maximum atomic E-state index is 12.4. The molecule has 1 fully saturated rings. The highest BCUT2D eigenvalue weighted by Gasteiger charge is 2.43. The van der Waals surface area contributed by atoms with Gasteiger partial charge in [-0.25, -0.2) is 4.79 Å². The smallest absolute Gasteiger partial charge is 0.330 e. The molecule has 1 aromatic heterocycles. The number of amides is 2. The van der Waals surface area contributed by atoms with E-state index in [0.29, 0.717) is 11.5 Å². The molecule has 25 heavy (non-hydrogen) atoms. The van der Waals surface area contributed by atoms with Crippen LogP contribution < -0.4 is 5.32 Å². The summed E-state index contributed by atoms with van der Waals surface area (Å²) in [7, 11) is 0. The van der Waals surface area contributed by atoms with E-state index in [0.717, 1.165) is 12.8 Å². The molecular weight excluding hydrogens is 344 g/mol. The van der Waals surface area contributed by atoms with Crippen LogP contribution in [0.15, 0.2) is 22.8 Å². The third-order valence-electron chi connectivity index (χ3n) is 3.90. The van der Waals surface area contributed by atoms with Gasteiger partial charge in [0, 0.05) is 18.7 Å². The second-order valence-electron chi connectivity index (χ2n) is 6.01. The summed E-state index contributed by atoms with van der Waals surface area (Å²) in [6.07, 6.45) is 3.35. The van der Waals surface area contributed by atoms with Crippen molar-refractivity contribution < 1.29 is 23.5 Å². The minimum absolute atomic E-state index is 0.0373. The zero-order valence-corrected chi connectivity index (χ0v) is 15.5. The van der Waals surface area contributed by atoms with Crippen molar-refractivity contribution in [3.05, 3.63) is 24.2 Å². The summed E-state index contributed by atoms with van der Waals surface area (Å²) in [6, 6.07) is 2.82. The quantitative estimate of drug-likeness (QED) is 0.742. The Morgan fingerprint density at radius 2 is 2.24 bits per heavy atom. The fraction of sp³-hybridized carbons (Fsp3) is 0.588. The second kappa shape index (κ2) is 8.94. The summed E-state index contributed by atoms with van der Waals surface area (Å²) in [5.41, 5.74) is 0. The van der Waals surface area contributed by atoms with E-state index in [2.05, 4.69) is 5.32 Å². The first-order valence-electron chi connectivity index (χ1n) is 8.34. The number of rotatable bonds is 7. The van der Waals surface area contributed by atoms with Crippen LogP contribution in [0, 0.1) is 0 Å². The Morgan fingerprint density at radius 3 is 2.84 bits per heavy atom. The van der Waals surface area contributed by atoms with E-state index in [4.69, 9.17) is 9.15 Å². The zero-order chi connectivity index (χ0) is 18.4. The van der Waals surface area contributed by atoms with Gasteiger partial charge >= 0.3 is 5.97 Å². The van der Waals surface area contributed by atoms with Crippen molar-refractivity contribution in [1.29, 1.82) is 0 Å². The van der Waals surface area contributed by atoms with Crippen molar-refractivity contribution in [2.45, 2.75) is 51.1 Å². The normalized spacial score (nSPS) is 21.0. The molecule has 2 rings (SSSR count). The molecule has 1 aliphatic rings. The van der Waals surface area contributed by atoms with E-state index in [-0.39, 0.29) is 29.8 Å². The van der Waals surface area contributed by atoms with Crippen molar-refractivity contribution in [2.24, 2.45) is 0 Å². The SMILES string of the molecule is CCC[C@H](C)NC(=O)COC(=O)[C@@H]1CS[C@H](c2ccco2)N1C(C)=O. The molecule has 8 heteroatoms. The number of esters is 1. The number of hydrogen-bond donors (Lipinski definition) is 1. The van der Waals surface area contributed by atoms with Gasteiger partial charge in [-0.3, -0.25) is 9.59 Å². The number of carbonyl (C=O) groups excluding carboxylic acids is 3. The van der Waals surface area contributed by atoms with Gasteiger partial charge in [-0.1, -0.05) is 13.3 Å². The number of nitrogens with one attached hydrogen (secondary N) is 1. The Balaban J connectivity index is 1.92. The Bertz CT molecular complexity index is 604. The van der Waals surface area contributed by atoms with Crippen molar-refractivity contribution in [1.82, 2.24) is 10.2 Å². The molecule has 0 saturated carbocycles. The highest BCUT2D eigenvalue weighted by atomic mass is 32.2. The molecule has 1 N–H and O–H groups in total. The van der Waals surface area contributed by atoms with Crippen LogP contribution in [0.1, 0.15) is 44.7 Å². The van der Waals surface area contributed by atoms with E-state index >= 15 is 0 Å². The van der Waals surface area contributed by atoms with E-state index in [9.17, 15) is 14.4 Å². The van der Waals surface area contributed by atoms with E-state index in [1.807, 2.05) is 13.8 Å². The fourth-order valence-corrected chi connectivity index (χ4v) is 4.19. The molecule has 0 bridgehead atoms. The summed E-state index contributed by atoms with van der Waals surface area (Å²) in [5, 5.41) is 2.42. The topological polar surface area (TPSA) is 88.8 Å². The number of ether oxygens (including phenoxy) is 1. The van der Waals surface area contributed by atoms with Crippen LogP contribution in [0.25, 0.3) is 0 Å². The minimum atomic E-state index is -0.724. The molecule has 0 aliphatic carbocycles. The maximum Gasteiger partial charge on any atom is 0.330 e. The lowest BCUT2D eigenvalue weighted by atomic mass is 10.2. The van der Waals surface area contributed by atoms with Gasteiger partial charge in [0.25, 0.3) is 5.91 Å². The molecule has 0 spiro atoms. The molecular formula is C17H24N2O5S. The summed E-state index contributed by atoms with van der Waals surface area (Å²) in [4.78, 5) is 37.6. The molecule has 138 valence electrons. The van der Waals surface area contributed by atoms with E-state index in [1.54, 1.807) is 12.1 Å². The lowest BCUT2D eigenvalue weighted by Crippen LogP contribution is -2.44. The number of hydrogen-bond acceptors (Lipinski definition) is 6. The molecule has 1 aromatic rings. The highest BCUT2D eigenvalue weighted by molar-refractivity contribution is 7.99. The molecule has 1 saturated heterocycles. The van der Waals surface area contributed by atoms with Gasteiger partial charge < -0.3 is 19.4 Å². The molecule has 1 aliphatic heterocycles. The lowest BCUT2D eigenvalue weighted by molar-refractivity contribution is -0.156. The van der Waals surface area contributed by atoms with Gasteiger partial charge in [0.1, 0.15) is 17.2 Å². The Morgan fingerprint density at radius 1 is 1.48 bits per heavy atom. The van der Waals surface area contributed by atoms with Crippen LogP contribution >= 0.6 is 11.8 Å². The molecule has 2 heterocycles. The summed E-state index contributed by atoms with van der Waals surface area (Å²) in [5.74, 6) is -0.138.